The molecule has 0 saturated heterocycles. The molecule has 0 aliphatic rings. The van der Waals surface area contributed by atoms with E-state index >= 15 is 0 Å². The van der Waals surface area contributed by atoms with E-state index in [4.69, 9.17) is 4.74 Å². The Kier molecular flexibility index (Phi) is 6.26. The van der Waals surface area contributed by atoms with E-state index in [0.717, 1.165) is 42.0 Å². The molecule has 27 heavy (non-hydrogen) atoms. The molecule has 0 radical (unpaired) electrons. The largest absolute Gasteiger partial charge is 0.494 e. The van der Waals surface area contributed by atoms with Gasteiger partial charge in [-0.25, -0.2) is 4.98 Å². The SMILES string of the molecule is C=CC(=O)NCc1nc2ccccc2n1CCCCOc1cccc(C)c1. The van der Waals surface area contributed by atoms with E-state index < -0.39 is 0 Å². The third-order valence-corrected chi connectivity index (χ3v) is 4.37. The lowest BCUT2D eigenvalue weighted by molar-refractivity contribution is -0.116. The predicted molar refractivity (Wildman–Crippen MR) is 108 cm³/mol. The molecule has 0 saturated carbocycles. The highest BCUT2D eigenvalue weighted by atomic mass is 16.5. The van der Waals surface area contributed by atoms with Crippen LogP contribution in [0.3, 0.4) is 0 Å². The van der Waals surface area contributed by atoms with Crippen LogP contribution < -0.4 is 10.1 Å². The smallest absolute Gasteiger partial charge is 0.243 e. The molecular formula is C22H25N3O2. The van der Waals surface area contributed by atoms with E-state index in [1.54, 1.807) is 0 Å². The van der Waals surface area contributed by atoms with Crippen molar-refractivity contribution in [3.63, 3.8) is 0 Å². The molecular weight excluding hydrogens is 338 g/mol. The van der Waals surface area contributed by atoms with Gasteiger partial charge in [0.05, 0.1) is 24.2 Å². The first-order valence-electron chi connectivity index (χ1n) is 9.21. The second kappa shape index (κ2) is 9.03. The standard InChI is InChI=1S/C22H25N3O2/c1-3-22(26)23-16-21-24-19-11-4-5-12-20(19)25(21)13-6-7-14-27-18-10-8-9-17(2)15-18/h3-5,8-12,15H,1,6-7,13-14,16H2,2H3,(H,23,26). The number of para-hydroxylation sites is 2. The lowest BCUT2D eigenvalue weighted by atomic mass is 10.2. The van der Waals surface area contributed by atoms with Gasteiger partial charge >= 0.3 is 0 Å². The molecule has 0 aliphatic heterocycles. The molecule has 1 N–H and O–H groups in total. The zero-order valence-electron chi connectivity index (χ0n) is 15.6. The fourth-order valence-corrected chi connectivity index (χ4v) is 3.02. The lowest BCUT2D eigenvalue weighted by Gasteiger charge is -2.10. The van der Waals surface area contributed by atoms with E-state index in [-0.39, 0.29) is 5.91 Å². The average Bonchev–Trinajstić information content (AvgIpc) is 3.03. The van der Waals surface area contributed by atoms with Crippen LogP contribution in [-0.4, -0.2) is 22.1 Å². The number of amides is 1. The van der Waals surface area contributed by atoms with Crippen molar-refractivity contribution in [3.05, 3.63) is 72.6 Å². The minimum absolute atomic E-state index is 0.194. The Morgan fingerprint density at radius 3 is 2.89 bits per heavy atom. The summed E-state index contributed by atoms with van der Waals surface area (Å²) in [4.78, 5) is 16.1. The van der Waals surface area contributed by atoms with Crippen LogP contribution in [0.15, 0.2) is 61.2 Å². The molecule has 3 rings (SSSR count). The number of hydrogen-bond acceptors (Lipinski definition) is 3. The zero-order valence-corrected chi connectivity index (χ0v) is 15.6. The van der Waals surface area contributed by atoms with Gasteiger partial charge in [-0.15, -0.1) is 0 Å². The van der Waals surface area contributed by atoms with Crippen molar-refractivity contribution < 1.29 is 9.53 Å². The summed E-state index contributed by atoms with van der Waals surface area (Å²) in [5.41, 5.74) is 3.22. The molecule has 5 heteroatoms. The predicted octanol–water partition coefficient (Wildman–Crippen LogP) is 4.01. The summed E-state index contributed by atoms with van der Waals surface area (Å²) in [6.45, 7) is 7.44. The van der Waals surface area contributed by atoms with Crippen LogP contribution >= 0.6 is 0 Å². The number of unbranched alkanes of at least 4 members (excludes halogenated alkanes) is 1. The first-order chi connectivity index (χ1) is 13.2. The summed E-state index contributed by atoms with van der Waals surface area (Å²) < 4.78 is 8.00. The number of benzene rings is 2. The third-order valence-electron chi connectivity index (χ3n) is 4.37. The second-order valence-electron chi connectivity index (χ2n) is 6.46. The number of ether oxygens (including phenoxy) is 1. The highest BCUT2D eigenvalue weighted by Gasteiger charge is 2.10. The first-order valence-corrected chi connectivity index (χ1v) is 9.21. The van der Waals surface area contributed by atoms with Crippen molar-refractivity contribution >= 4 is 16.9 Å². The van der Waals surface area contributed by atoms with E-state index in [1.165, 1.54) is 11.6 Å². The number of nitrogens with zero attached hydrogens (tertiary/aromatic N) is 2. The molecule has 5 nitrogen and oxygen atoms in total. The number of carbonyl (C=O) groups excluding carboxylic acids is 1. The van der Waals surface area contributed by atoms with E-state index in [2.05, 4.69) is 40.5 Å². The van der Waals surface area contributed by atoms with Crippen molar-refractivity contribution in [3.8, 4) is 5.75 Å². The average molecular weight is 363 g/mol. The number of aryl methyl sites for hydroxylation is 2. The van der Waals surface area contributed by atoms with Crippen LogP contribution in [0.4, 0.5) is 0 Å². The molecule has 1 aromatic heterocycles. The van der Waals surface area contributed by atoms with Gasteiger partial charge < -0.3 is 14.6 Å². The highest BCUT2D eigenvalue weighted by Crippen LogP contribution is 2.17. The number of nitrogens with one attached hydrogen (secondary N) is 1. The fourth-order valence-electron chi connectivity index (χ4n) is 3.02. The fraction of sp³-hybridized carbons (Fsp3) is 0.273. The van der Waals surface area contributed by atoms with E-state index in [9.17, 15) is 4.79 Å². The number of aromatic nitrogens is 2. The summed E-state index contributed by atoms with van der Waals surface area (Å²) in [7, 11) is 0. The highest BCUT2D eigenvalue weighted by molar-refractivity contribution is 5.86. The molecule has 0 bridgehead atoms. The molecule has 0 spiro atoms. The third kappa shape index (κ3) is 4.97. The molecule has 3 aromatic rings. The number of fused-ring (bicyclic) bond motifs is 1. The second-order valence-corrected chi connectivity index (χ2v) is 6.46. The number of imidazole rings is 1. The molecule has 0 unspecified atom stereocenters. The molecule has 1 amide bonds. The van der Waals surface area contributed by atoms with Gasteiger partial charge in [-0.05, 0) is 55.7 Å². The quantitative estimate of drug-likeness (QED) is 0.462. The lowest BCUT2D eigenvalue weighted by Crippen LogP contribution is -2.22. The summed E-state index contributed by atoms with van der Waals surface area (Å²) >= 11 is 0. The Bertz CT molecular complexity index is 930. The van der Waals surface area contributed by atoms with Gasteiger partial charge in [-0.1, -0.05) is 30.8 Å². The normalized spacial score (nSPS) is 10.7. The Morgan fingerprint density at radius 1 is 1.22 bits per heavy atom. The Hall–Kier alpha value is -3.08. The number of carbonyl (C=O) groups is 1. The molecule has 0 aliphatic carbocycles. The van der Waals surface area contributed by atoms with Crippen LogP contribution in [0.5, 0.6) is 5.75 Å². The summed E-state index contributed by atoms with van der Waals surface area (Å²) in [6, 6.07) is 16.1. The van der Waals surface area contributed by atoms with Crippen LogP contribution in [0.2, 0.25) is 0 Å². The van der Waals surface area contributed by atoms with E-state index in [0.29, 0.717) is 13.2 Å². The number of rotatable bonds is 9. The van der Waals surface area contributed by atoms with Gasteiger partial charge in [0.1, 0.15) is 11.6 Å². The number of hydrogen-bond donors (Lipinski definition) is 1. The Labute approximate surface area is 159 Å². The van der Waals surface area contributed by atoms with Crippen molar-refractivity contribution in [2.75, 3.05) is 6.61 Å². The van der Waals surface area contributed by atoms with Crippen molar-refractivity contribution in [2.24, 2.45) is 0 Å². The minimum atomic E-state index is -0.194. The van der Waals surface area contributed by atoms with Crippen LogP contribution in [0.1, 0.15) is 24.2 Å². The van der Waals surface area contributed by atoms with E-state index in [1.807, 2.05) is 36.4 Å². The van der Waals surface area contributed by atoms with Crippen molar-refractivity contribution in [1.82, 2.24) is 14.9 Å². The minimum Gasteiger partial charge on any atom is -0.494 e. The summed E-state index contributed by atoms with van der Waals surface area (Å²) in [6.07, 6.45) is 3.18. The van der Waals surface area contributed by atoms with Crippen molar-refractivity contribution in [2.45, 2.75) is 32.9 Å². The van der Waals surface area contributed by atoms with Gasteiger partial charge in [-0.3, -0.25) is 4.79 Å². The topological polar surface area (TPSA) is 56.2 Å². The molecule has 0 atom stereocenters. The summed E-state index contributed by atoms with van der Waals surface area (Å²) in [5.74, 6) is 1.57. The Morgan fingerprint density at radius 2 is 2.07 bits per heavy atom. The maximum atomic E-state index is 11.5. The van der Waals surface area contributed by atoms with Crippen molar-refractivity contribution in [1.29, 1.82) is 0 Å². The zero-order chi connectivity index (χ0) is 19.1. The first kappa shape index (κ1) is 18.7. The molecule has 140 valence electrons. The summed E-state index contributed by atoms with van der Waals surface area (Å²) in [5, 5.41) is 2.81. The Balaban J connectivity index is 1.59. The van der Waals surface area contributed by atoms with Gasteiger partial charge in [-0.2, -0.15) is 0 Å². The molecule has 2 aromatic carbocycles. The molecule has 1 heterocycles. The van der Waals surface area contributed by atoms with Gasteiger partial charge in [0.15, 0.2) is 0 Å². The van der Waals surface area contributed by atoms with Gasteiger partial charge in [0.2, 0.25) is 5.91 Å². The van der Waals surface area contributed by atoms with Crippen LogP contribution in [0.25, 0.3) is 11.0 Å². The van der Waals surface area contributed by atoms with Gasteiger partial charge in [0.25, 0.3) is 0 Å². The molecule has 0 fully saturated rings. The maximum Gasteiger partial charge on any atom is 0.243 e. The monoisotopic (exact) mass is 363 g/mol. The van der Waals surface area contributed by atoms with Crippen LogP contribution in [0, 0.1) is 6.92 Å². The van der Waals surface area contributed by atoms with Gasteiger partial charge in [0, 0.05) is 6.54 Å². The van der Waals surface area contributed by atoms with Crippen LogP contribution in [-0.2, 0) is 17.9 Å². The maximum absolute atomic E-state index is 11.5.